The lowest BCUT2D eigenvalue weighted by molar-refractivity contribution is -0.138. The van der Waals surface area contributed by atoms with Gasteiger partial charge in [-0.05, 0) is 25.7 Å². The summed E-state index contributed by atoms with van der Waals surface area (Å²) in [5.74, 6) is -1.00. The van der Waals surface area contributed by atoms with Crippen LogP contribution in [-0.4, -0.2) is 47.1 Å². The fraction of sp³-hybridized carbons (Fsp3) is 0.636. The molecule has 0 radical (unpaired) electrons. The van der Waals surface area contributed by atoms with Crippen LogP contribution in [0, 0.1) is 12.8 Å². The quantitative estimate of drug-likeness (QED) is 0.843. The minimum absolute atomic E-state index is 0.0103. The Labute approximate surface area is 111 Å². The van der Waals surface area contributed by atoms with E-state index in [1.54, 1.807) is 6.92 Å². The van der Waals surface area contributed by atoms with Crippen molar-refractivity contribution in [2.24, 2.45) is 5.92 Å². The molecule has 1 atom stereocenters. The van der Waals surface area contributed by atoms with Crippen molar-refractivity contribution < 1.29 is 18.3 Å². The Kier molecular flexibility index (Phi) is 3.91. The highest BCUT2D eigenvalue weighted by molar-refractivity contribution is 7.89. The molecule has 106 valence electrons. The number of rotatable bonds is 4. The second-order valence-electron chi connectivity index (χ2n) is 4.83. The summed E-state index contributed by atoms with van der Waals surface area (Å²) in [7, 11) is -3.57. The molecular weight excluding hydrogens is 270 g/mol. The number of piperidine rings is 1. The smallest absolute Gasteiger partial charge is 0.303 e. The molecule has 0 amide bonds. The average Bonchev–Trinajstić information content (AvgIpc) is 2.75. The van der Waals surface area contributed by atoms with Crippen molar-refractivity contribution in [3.05, 3.63) is 11.9 Å². The number of sulfonamides is 1. The maximum absolute atomic E-state index is 12.4. The van der Waals surface area contributed by atoms with Crippen molar-refractivity contribution >= 4 is 16.0 Å². The van der Waals surface area contributed by atoms with Gasteiger partial charge in [-0.1, -0.05) is 0 Å². The average molecular weight is 287 g/mol. The number of carboxylic acid groups (broad SMARTS) is 1. The van der Waals surface area contributed by atoms with E-state index in [4.69, 9.17) is 5.11 Å². The van der Waals surface area contributed by atoms with Gasteiger partial charge in [0.25, 0.3) is 0 Å². The molecule has 19 heavy (non-hydrogen) atoms. The van der Waals surface area contributed by atoms with E-state index in [0.29, 0.717) is 18.7 Å². The van der Waals surface area contributed by atoms with Crippen LogP contribution in [0.4, 0.5) is 0 Å². The van der Waals surface area contributed by atoms with E-state index in [1.807, 2.05) is 0 Å². The van der Waals surface area contributed by atoms with Crippen LogP contribution in [-0.2, 0) is 14.8 Å². The van der Waals surface area contributed by atoms with Crippen molar-refractivity contribution in [3.8, 4) is 0 Å². The molecule has 2 rings (SSSR count). The standard InChI is InChI=1S/C11H17N3O4S/c1-8-10(6-12-13-8)19(17,18)14-4-2-3-9(7-14)5-11(15)16/h6,9H,2-5,7H2,1H3,(H,12,13)(H,15,16). The number of aliphatic carboxylic acids is 1. The van der Waals surface area contributed by atoms with Gasteiger partial charge >= 0.3 is 5.97 Å². The summed E-state index contributed by atoms with van der Waals surface area (Å²) in [6, 6.07) is 0. The molecule has 2 heterocycles. The van der Waals surface area contributed by atoms with Crippen LogP contribution >= 0.6 is 0 Å². The number of hydrogen-bond donors (Lipinski definition) is 2. The summed E-state index contributed by atoms with van der Waals surface area (Å²) in [5.41, 5.74) is 0.500. The molecule has 0 saturated carbocycles. The van der Waals surface area contributed by atoms with Crippen LogP contribution in [0.5, 0.6) is 0 Å². The first-order valence-corrected chi connectivity index (χ1v) is 7.57. The highest BCUT2D eigenvalue weighted by Crippen LogP contribution is 2.26. The number of aryl methyl sites for hydroxylation is 1. The van der Waals surface area contributed by atoms with Crippen molar-refractivity contribution in [2.75, 3.05) is 13.1 Å². The fourth-order valence-corrected chi connectivity index (χ4v) is 4.07. The Morgan fingerprint density at radius 1 is 1.63 bits per heavy atom. The predicted octanol–water partition coefficient (Wildman–Crippen LogP) is 0.594. The summed E-state index contributed by atoms with van der Waals surface area (Å²) in [4.78, 5) is 10.9. The Morgan fingerprint density at radius 3 is 2.95 bits per heavy atom. The van der Waals surface area contributed by atoms with Gasteiger partial charge < -0.3 is 5.11 Å². The maximum Gasteiger partial charge on any atom is 0.303 e. The molecule has 0 spiro atoms. The molecule has 1 aliphatic rings. The lowest BCUT2D eigenvalue weighted by Crippen LogP contribution is -2.40. The summed E-state index contributed by atoms with van der Waals surface area (Å²) < 4.78 is 26.2. The largest absolute Gasteiger partial charge is 0.481 e. The Bertz CT molecular complexity index is 566. The molecule has 1 saturated heterocycles. The van der Waals surface area contributed by atoms with Gasteiger partial charge in [0.1, 0.15) is 4.90 Å². The summed E-state index contributed by atoms with van der Waals surface area (Å²) in [6.45, 7) is 2.35. The topological polar surface area (TPSA) is 103 Å². The highest BCUT2D eigenvalue weighted by Gasteiger charge is 2.32. The van der Waals surface area contributed by atoms with Gasteiger partial charge in [0.2, 0.25) is 10.0 Å². The van der Waals surface area contributed by atoms with Crippen molar-refractivity contribution in [2.45, 2.75) is 31.1 Å². The summed E-state index contributed by atoms with van der Waals surface area (Å²) in [6.07, 6.45) is 2.75. The molecule has 0 bridgehead atoms. The summed E-state index contributed by atoms with van der Waals surface area (Å²) >= 11 is 0. The molecule has 8 heteroatoms. The highest BCUT2D eigenvalue weighted by atomic mass is 32.2. The number of hydrogen-bond acceptors (Lipinski definition) is 4. The third-order valence-corrected chi connectivity index (χ3v) is 5.33. The minimum Gasteiger partial charge on any atom is -0.481 e. The third-order valence-electron chi connectivity index (χ3n) is 3.35. The van der Waals surface area contributed by atoms with Crippen LogP contribution in [0.25, 0.3) is 0 Å². The molecular formula is C11H17N3O4S. The van der Waals surface area contributed by atoms with E-state index >= 15 is 0 Å². The molecule has 1 aliphatic heterocycles. The molecule has 1 aromatic rings. The van der Waals surface area contributed by atoms with Gasteiger partial charge in [-0.25, -0.2) is 8.42 Å². The second-order valence-corrected chi connectivity index (χ2v) is 6.73. The monoisotopic (exact) mass is 287 g/mol. The van der Waals surface area contributed by atoms with Gasteiger partial charge in [0, 0.05) is 19.5 Å². The van der Waals surface area contributed by atoms with Gasteiger partial charge in [-0.15, -0.1) is 0 Å². The zero-order chi connectivity index (χ0) is 14.0. The Balaban J connectivity index is 2.17. The van der Waals surface area contributed by atoms with Crippen LogP contribution in [0.15, 0.2) is 11.1 Å². The lowest BCUT2D eigenvalue weighted by atomic mass is 9.96. The third kappa shape index (κ3) is 2.95. The molecule has 0 aromatic carbocycles. The lowest BCUT2D eigenvalue weighted by Gasteiger charge is -2.31. The van der Waals surface area contributed by atoms with Crippen LogP contribution in [0.3, 0.4) is 0 Å². The molecule has 1 fully saturated rings. The zero-order valence-electron chi connectivity index (χ0n) is 10.7. The molecule has 0 aliphatic carbocycles. The minimum atomic E-state index is -3.57. The molecule has 7 nitrogen and oxygen atoms in total. The first kappa shape index (κ1) is 14.0. The zero-order valence-corrected chi connectivity index (χ0v) is 11.5. The SMILES string of the molecule is Cc1[nH]ncc1S(=O)(=O)N1CCCC(CC(=O)O)C1. The van der Waals surface area contributed by atoms with E-state index in [1.165, 1.54) is 10.5 Å². The first-order chi connectivity index (χ1) is 8.91. The van der Waals surface area contributed by atoms with Crippen molar-refractivity contribution in [3.63, 3.8) is 0 Å². The normalized spacial score (nSPS) is 21.4. The number of nitrogens with one attached hydrogen (secondary N) is 1. The van der Waals surface area contributed by atoms with Crippen LogP contribution < -0.4 is 0 Å². The maximum atomic E-state index is 12.4. The van der Waals surface area contributed by atoms with E-state index in [-0.39, 0.29) is 23.8 Å². The number of aromatic amines is 1. The number of nitrogens with zero attached hydrogens (tertiary/aromatic N) is 2. The fourth-order valence-electron chi connectivity index (χ4n) is 2.40. The molecule has 1 aromatic heterocycles. The Morgan fingerprint density at radius 2 is 2.37 bits per heavy atom. The molecule has 2 N–H and O–H groups in total. The summed E-state index contributed by atoms with van der Waals surface area (Å²) in [5, 5.41) is 15.1. The number of aromatic nitrogens is 2. The van der Waals surface area contributed by atoms with E-state index in [2.05, 4.69) is 10.2 Å². The van der Waals surface area contributed by atoms with Gasteiger partial charge in [-0.2, -0.15) is 9.40 Å². The van der Waals surface area contributed by atoms with E-state index in [0.717, 1.165) is 6.42 Å². The predicted molar refractivity (Wildman–Crippen MR) is 67.1 cm³/mol. The number of carbonyl (C=O) groups is 1. The number of carboxylic acids is 1. The van der Waals surface area contributed by atoms with Gasteiger partial charge in [0.05, 0.1) is 11.9 Å². The van der Waals surface area contributed by atoms with Crippen LogP contribution in [0.1, 0.15) is 25.0 Å². The second kappa shape index (κ2) is 5.30. The van der Waals surface area contributed by atoms with Gasteiger partial charge in [0.15, 0.2) is 0 Å². The van der Waals surface area contributed by atoms with Crippen molar-refractivity contribution in [1.29, 1.82) is 0 Å². The van der Waals surface area contributed by atoms with Crippen molar-refractivity contribution in [1.82, 2.24) is 14.5 Å². The van der Waals surface area contributed by atoms with E-state index in [9.17, 15) is 13.2 Å². The first-order valence-electron chi connectivity index (χ1n) is 6.13. The van der Waals surface area contributed by atoms with Crippen LogP contribution in [0.2, 0.25) is 0 Å². The van der Waals surface area contributed by atoms with Gasteiger partial charge in [-0.3, -0.25) is 9.89 Å². The molecule has 1 unspecified atom stereocenters. The number of H-pyrrole nitrogens is 1. The Hall–Kier alpha value is -1.41. The van der Waals surface area contributed by atoms with E-state index < -0.39 is 16.0 Å².